The molecule has 4 nitrogen and oxygen atoms in total. The van der Waals surface area contributed by atoms with Crippen LogP contribution in [0.2, 0.25) is 5.02 Å². The minimum Gasteiger partial charge on any atom is -0.467 e. The standard InChI is InChI=1S/C14H24ClN3O/c1-5-6-16-11(7-10(2)3)8-13-12(15)9-17-14(18-13)19-4/h9-11,16H,5-8H2,1-4H3. The minimum absolute atomic E-state index is 0.373. The first kappa shape index (κ1) is 16.2. The van der Waals surface area contributed by atoms with Gasteiger partial charge in [-0.1, -0.05) is 32.4 Å². The van der Waals surface area contributed by atoms with E-state index in [4.69, 9.17) is 16.3 Å². The van der Waals surface area contributed by atoms with Crippen molar-refractivity contribution in [3.05, 3.63) is 16.9 Å². The lowest BCUT2D eigenvalue weighted by atomic mass is 9.99. The molecule has 5 heteroatoms. The molecule has 0 aliphatic heterocycles. The molecule has 108 valence electrons. The number of ether oxygens (including phenoxy) is 1. The van der Waals surface area contributed by atoms with Crippen molar-refractivity contribution in [2.24, 2.45) is 5.92 Å². The Labute approximate surface area is 120 Å². The molecule has 19 heavy (non-hydrogen) atoms. The zero-order valence-electron chi connectivity index (χ0n) is 12.2. The lowest BCUT2D eigenvalue weighted by molar-refractivity contribution is 0.373. The molecule has 0 fully saturated rings. The number of hydrogen-bond donors (Lipinski definition) is 1. The van der Waals surface area contributed by atoms with Crippen molar-refractivity contribution in [3.63, 3.8) is 0 Å². The third-order valence-electron chi connectivity index (χ3n) is 2.86. The topological polar surface area (TPSA) is 47.0 Å². The van der Waals surface area contributed by atoms with E-state index < -0.39 is 0 Å². The number of hydrogen-bond acceptors (Lipinski definition) is 4. The van der Waals surface area contributed by atoms with E-state index in [1.54, 1.807) is 13.3 Å². The number of methoxy groups -OCH3 is 1. The SMILES string of the molecule is CCCNC(Cc1nc(OC)ncc1Cl)CC(C)C. The van der Waals surface area contributed by atoms with Gasteiger partial charge in [0.2, 0.25) is 0 Å². The highest BCUT2D eigenvalue weighted by atomic mass is 35.5. The summed E-state index contributed by atoms with van der Waals surface area (Å²) in [4.78, 5) is 8.34. The number of halogens is 1. The van der Waals surface area contributed by atoms with Crippen molar-refractivity contribution in [2.45, 2.75) is 46.1 Å². The second kappa shape index (κ2) is 8.33. The quantitative estimate of drug-likeness (QED) is 0.797. The van der Waals surface area contributed by atoms with Crippen molar-refractivity contribution < 1.29 is 4.74 Å². The fraction of sp³-hybridized carbons (Fsp3) is 0.714. The van der Waals surface area contributed by atoms with Gasteiger partial charge in [-0.3, -0.25) is 0 Å². The minimum atomic E-state index is 0.373. The molecule has 0 saturated carbocycles. The van der Waals surface area contributed by atoms with E-state index in [-0.39, 0.29) is 0 Å². The van der Waals surface area contributed by atoms with Gasteiger partial charge in [-0.2, -0.15) is 4.98 Å². The summed E-state index contributed by atoms with van der Waals surface area (Å²) in [6.07, 6.45) is 4.63. The third kappa shape index (κ3) is 5.74. The number of nitrogens with zero attached hydrogens (tertiary/aromatic N) is 2. The molecule has 1 aromatic heterocycles. The van der Waals surface area contributed by atoms with Gasteiger partial charge in [0.05, 0.1) is 24.0 Å². The molecule has 1 aromatic rings. The van der Waals surface area contributed by atoms with Crippen LogP contribution in [0.4, 0.5) is 0 Å². The Kier molecular flexibility index (Phi) is 7.10. The number of nitrogens with one attached hydrogen (secondary N) is 1. The van der Waals surface area contributed by atoms with Gasteiger partial charge in [0.25, 0.3) is 0 Å². The van der Waals surface area contributed by atoms with Gasteiger partial charge in [-0.15, -0.1) is 0 Å². The van der Waals surface area contributed by atoms with E-state index in [1.807, 2.05) is 0 Å². The van der Waals surface area contributed by atoms with Crippen LogP contribution in [0.3, 0.4) is 0 Å². The molecule has 0 spiro atoms. The summed E-state index contributed by atoms with van der Waals surface area (Å²) in [5.74, 6) is 0.636. The summed E-state index contributed by atoms with van der Waals surface area (Å²) in [5.41, 5.74) is 0.850. The van der Waals surface area contributed by atoms with Crippen LogP contribution in [0, 0.1) is 5.92 Å². The molecule has 0 bridgehead atoms. The van der Waals surface area contributed by atoms with Gasteiger partial charge in [-0.05, 0) is 25.3 Å². The molecule has 0 radical (unpaired) electrons. The van der Waals surface area contributed by atoms with E-state index in [0.29, 0.717) is 23.0 Å². The van der Waals surface area contributed by atoms with Crippen molar-refractivity contribution in [2.75, 3.05) is 13.7 Å². The molecule has 0 amide bonds. The molecule has 1 N–H and O–H groups in total. The summed E-state index contributed by atoms with van der Waals surface area (Å²) in [5, 5.41) is 4.16. The summed E-state index contributed by atoms with van der Waals surface area (Å²) in [6, 6.07) is 0.759. The summed E-state index contributed by atoms with van der Waals surface area (Å²) in [6.45, 7) is 7.63. The van der Waals surface area contributed by atoms with Crippen LogP contribution >= 0.6 is 11.6 Å². The van der Waals surface area contributed by atoms with Crippen molar-refractivity contribution >= 4 is 11.6 Å². The largest absolute Gasteiger partial charge is 0.467 e. The zero-order chi connectivity index (χ0) is 14.3. The average molecular weight is 286 g/mol. The predicted octanol–water partition coefficient (Wildman–Crippen LogP) is 3.10. The summed E-state index contributed by atoms with van der Waals surface area (Å²) in [7, 11) is 1.56. The van der Waals surface area contributed by atoms with E-state index in [0.717, 1.165) is 31.5 Å². The lowest BCUT2D eigenvalue weighted by Gasteiger charge is -2.20. The Morgan fingerprint density at radius 1 is 1.42 bits per heavy atom. The highest BCUT2D eigenvalue weighted by molar-refractivity contribution is 6.31. The first-order chi connectivity index (χ1) is 9.06. The highest BCUT2D eigenvalue weighted by Gasteiger charge is 2.15. The first-order valence-corrected chi connectivity index (χ1v) is 7.23. The van der Waals surface area contributed by atoms with Gasteiger partial charge in [-0.25, -0.2) is 4.98 Å². The van der Waals surface area contributed by atoms with Crippen molar-refractivity contribution in [3.8, 4) is 6.01 Å². The Balaban J connectivity index is 2.76. The molecule has 1 rings (SSSR count). The van der Waals surface area contributed by atoms with Crippen LogP contribution in [0.15, 0.2) is 6.20 Å². The van der Waals surface area contributed by atoms with E-state index >= 15 is 0 Å². The monoisotopic (exact) mass is 285 g/mol. The molecule has 1 atom stereocenters. The lowest BCUT2D eigenvalue weighted by Crippen LogP contribution is -2.33. The van der Waals surface area contributed by atoms with E-state index in [1.165, 1.54) is 0 Å². The average Bonchev–Trinajstić information content (AvgIpc) is 2.37. The Morgan fingerprint density at radius 3 is 2.74 bits per heavy atom. The van der Waals surface area contributed by atoms with Crippen LogP contribution in [0.25, 0.3) is 0 Å². The van der Waals surface area contributed by atoms with Gasteiger partial charge in [0.15, 0.2) is 0 Å². The Hall–Kier alpha value is -0.870. The molecular formula is C14H24ClN3O. The summed E-state index contributed by atoms with van der Waals surface area (Å²) < 4.78 is 5.05. The highest BCUT2D eigenvalue weighted by Crippen LogP contribution is 2.19. The Bertz CT molecular complexity index is 385. The van der Waals surface area contributed by atoms with E-state index in [9.17, 15) is 0 Å². The van der Waals surface area contributed by atoms with Crippen molar-refractivity contribution in [1.82, 2.24) is 15.3 Å². The second-order valence-corrected chi connectivity index (χ2v) is 5.54. The fourth-order valence-electron chi connectivity index (χ4n) is 2.02. The maximum Gasteiger partial charge on any atom is 0.316 e. The van der Waals surface area contributed by atoms with Gasteiger partial charge < -0.3 is 10.1 Å². The van der Waals surface area contributed by atoms with Crippen LogP contribution in [-0.4, -0.2) is 29.7 Å². The summed E-state index contributed by atoms with van der Waals surface area (Å²) >= 11 is 6.16. The smallest absolute Gasteiger partial charge is 0.316 e. The molecule has 0 saturated heterocycles. The first-order valence-electron chi connectivity index (χ1n) is 6.85. The van der Waals surface area contributed by atoms with Crippen LogP contribution < -0.4 is 10.1 Å². The molecule has 0 aliphatic rings. The molecule has 1 unspecified atom stereocenters. The normalized spacial score (nSPS) is 12.7. The van der Waals surface area contributed by atoms with E-state index in [2.05, 4.69) is 36.1 Å². The maximum absolute atomic E-state index is 6.16. The fourth-order valence-corrected chi connectivity index (χ4v) is 2.18. The second-order valence-electron chi connectivity index (χ2n) is 5.14. The van der Waals surface area contributed by atoms with Crippen LogP contribution in [0.5, 0.6) is 6.01 Å². The molecule has 1 heterocycles. The van der Waals surface area contributed by atoms with Crippen molar-refractivity contribution in [1.29, 1.82) is 0 Å². The zero-order valence-corrected chi connectivity index (χ0v) is 13.0. The Morgan fingerprint density at radius 2 is 2.16 bits per heavy atom. The third-order valence-corrected chi connectivity index (χ3v) is 3.17. The van der Waals surface area contributed by atoms with Gasteiger partial charge in [0, 0.05) is 12.5 Å². The number of rotatable bonds is 8. The van der Waals surface area contributed by atoms with Crippen LogP contribution in [0.1, 0.15) is 39.3 Å². The van der Waals surface area contributed by atoms with Crippen LogP contribution in [-0.2, 0) is 6.42 Å². The van der Waals surface area contributed by atoms with Gasteiger partial charge in [0.1, 0.15) is 0 Å². The predicted molar refractivity (Wildman–Crippen MR) is 78.8 cm³/mol. The maximum atomic E-state index is 6.16. The molecular weight excluding hydrogens is 262 g/mol. The molecule has 0 aromatic carbocycles. The molecule has 0 aliphatic carbocycles. The number of aromatic nitrogens is 2. The van der Waals surface area contributed by atoms with Gasteiger partial charge >= 0.3 is 6.01 Å².